The van der Waals surface area contributed by atoms with E-state index < -0.39 is 5.92 Å². The summed E-state index contributed by atoms with van der Waals surface area (Å²) in [5, 5.41) is 0. The summed E-state index contributed by atoms with van der Waals surface area (Å²) < 4.78 is 10.1. The Hall–Kier alpha value is -1.84. The van der Waals surface area contributed by atoms with Gasteiger partial charge in [0, 0.05) is 0 Å². The SMILES string of the molecule is CCOC(=O)C[C@H](Cc1ccccc1)C(=O)OC(C)C. The van der Waals surface area contributed by atoms with E-state index in [0.29, 0.717) is 13.0 Å². The smallest absolute Gasteiger partial charge is 0.310 e. The van der Waals surface area contributed by atoms with Crippen molar-refractivity contribution in [2.75, 3.05) is 6.61 Å². The Morgan fingerprint density at radius 2 is 1.80 bits per heavy atom. The second-order valence-corrected chi connectivity index (χ2v) is 4.88. The second kappa shape index (κ2) is 8.35. The van der Waals surface area contributed by atoms with Gasteiger partial charge in [-0.2, -0.15) is 0 Å². The molecule has 4 heteroatoms. The van der Waals surface area contributed by atoms with Gasteiger partial charge in [-0.05, 0) is 32.8 Å². The van der Waals surface area contributed by atoms with Gasteiger partial charge in [-0.15, -0.1) is 0 Å². The molecule has 0 N–H and O–H groups in total. The van der Waals surface area contributed by atoms with Crippen molar-refractivity contribution in [2.24, 2.45) is 5.92 Å². The highest BCUT2D eigenvalue weighted by atomic mass is 16.5. The van der Waals surface area contributed by atoms with Crippen LogP contribution in [-0.4, -0.2) is 24.6 Å². The van der Waals surface area contributed by atoms with E-state index in [1.807, 2.05) is 30.3 Å². The predicted molar refractivity (Wildman–Crippen MR) is 76.1 cm³/mol. The standard InChI is InChI=1S/C16H22O4/c1-4-19-15(17)11-14(16(18)20-12(2)3)10-13-8-6-5-7-9-13/h5-9,12,14H,4,10-11H2,1-3H3/t14-/m0/s1. The minimum absolute atomic E-state index is 0.0499. The number of esters is 2. The quantitative estimate of drug-likeness (QED) is 0.720. The largest absolute Gasteiger partial charge is 0.466 e. The fraction of sp³-hybridized carbons (Fsp3) is 0.500. The van der Waals surface area contributed by atoms with Crippen LogP contribution in [0.5, 0.6) is 0 Å². The van der Waals surface area contributed by atoms with Crippen LogP contribution in [0, 0.1) is 5.92 Å². The van der Waals surface area contributed by atoms with E-state index in [0.717, 1.165) is 5.56 Å². The van der Waals surface area contributed by atoms with E-state index in [-0.39, 0.29) is 24.5 Å². The van der Waals surface area contributed by atoms with Gasteiger partial charge >= 0.3 is 11.9 Å². The maximum atomic E-state index is 12.1. The summed E-state index contributed by atoms with van der Waals surface area (Å²) in [6.45, 7) is 5.65. The van der Waals surface area contributed by atoms with Gasteiger partial charge in [0.15, 0.2) is 0 Å². The van der Waals surface area contributed by atoms with E-state index in [1.54, 1.807) is 20.8 Å². The summed E-state index contributed by atoms with van der Waals surface area (Å²) in [4.78, 5) is 23.7. The maximum Gasteiger partial charge on any atom is 0.310 e. The topological polar surface area (TPSA) is 52.6 Å². The van der Waals surface area contributed by atoms with Gasteiger partial charge in [0.25, 0.3) is 0 Å². The van der Waals surface area contributed by atoms with Crippen LogP contribution in [0.15, 0.2) is 30.3 Å². The average molecular weight is 278 g/mol. The Kier molecular flexibility index (Phi) is 6.77. The second-order valence-electron chi connectivity index (χ2n) is 4.88. The number of hydrogen-bond donors (Lipinski definition) is 0. The molecule has 1 aromatic rings. The lowest BCUT2D eigenvalue weighted by Gasteiger charge is -2.17. The van der Waals surface area contributed by atoms with Gasteiger partial charge in [-0.3, -0.25) is 9.59 Å². The van der Waals surface area contributed by atoms with Crippen molar-refractivity contribution in [3.63, 3.8) is 0 Å². The molecule has 0 amide bonds. The van der Waals surface area contributed by atoms with E-state index in [2.05, 4.69) is 0 Å². The van der Waals surface area contributed by atoms with Crippen LogP contribution in [0.3, 0.4) is 0 Å². The van der Waals surface area contributed by atoms with Crippen molar-refractivity contribution in [1.29, 1.82) is 0 Å². The molecule has 0 aliphatic heterocycles. The molecule has 4 nitrogen and oxygen atoms in total. The lowest BCUT2D eigenvalue weighted by atomic mass is 9.96. The summed E-state index contributed by atoms with van der Waals surface area (Å²) >= 11 is 0. The minimum Gasteiger partial charge on any atom is -0.466 e. The van der Waals surface area contributed by atoms with Crippen molar-refractivity contribution in [3.05, 3.63) is 35.9 Å². The summed E-state index contributed by atoms with van der Waals surface area (Å²) in [5.41, 5.74) is 1.00. The molecular formula is C16H22O4. The monoisotopic (exact) mass is 278 g/mol. The molecule has 1 aromatic carbocycles. The maximum absolute atomic E-state index is 12.1. The lowest BCUT2D eigenvalue weighted by molar-refractivity contribution is -0.157. The summed E-state index contributed by atoms with van der Waals surface area (Å²) in [5.74, 6) is -1.22. The van der Waals surface area contributed by atoms with Crippen LogP contribution in [-0.2, 0) is 25.5 Å². The first kappa shape index (κ1) is 16.2. The van der Waals surface area contributed by atoms with Crippen LogP contribution in [0.4, 0.5) is 0 Å². The minimum atomic E-state index is -0.501. The van der Waals surface area contributed by atoms with Crippen molar-refractivity contribution < 1.29 is 19.1 Å². The Morgan fingerprint density at radius 3 is 2.35 bits per heavy atom. The van der Waals surface area contributed by atoms with Crippen LogP contribution < -0.4 is 0 Å². The highest BCUT2D eigenvalue weighted by molar-refractivity contribution is 5.80. The van der Waals surface area contributed by atoms with Gasteiger partial charge in [-0.25, -0.2) is 0 Å². The van der Waals surface area contributed by atoms with Crippen LogP contribution in [0.1, 0.15) is 32.8 Å². The number of hydrogen-bond acceptors (Lipinski definition) is 4. The van der Waals surface area contributed by atoms with Crippen molar-refractivity contribution in [1.82, 2.24) is 0 Å². The highest BCUT2D eigenvalue weighted by Crippen LogP contribution is 2.16. The predicted octanol–water partition coefficient (Wildman–Crippen LogP) is 2.75. The first-order chi connectivity index (χ1) is 9.52. The molecule has 0 fully saturated rings. The molecule has 0 aromatic heterocycles. The molecule has 0 bridgehead atoms. The molecule has 0 saturated heterocycles. The summed E-state index contributed by atoms with van der Waals surface area (Å²) in [6.07, 6.45) is 0.336. The van der Waals surface area contributed by atoms with Crippen molar-refractivity contribution >= 4 is 11.9 Å². The Morgan fingerprint density at radius 1 is 1.15 bits per heavy atom. The number of rotatable bonds is 7. The first-order valence-corrected chi connectivity index (χ1v) is 6.93. The Labute approximate surface area is 120 Å². The molecule has 0 heterocycles. The van der Waals surface area contributed by atoms with E-state index in [9.17, 15) is 9.59 Å². The van der Waals surface area contributed by atoms with Crippen molar-refractivity contribution in [2.45, 2.75) is 39.7 Å². The summed E-state index contributed by atoms with van der Waals surface area (Å²) in [6, 6.07) is 9.59. The molecule has 20 heavy (non-hydrogen) atoms. The van der Waals surface area contributed by atoms with Gasteiger partial charge in [0.1, 0.15) is 0 Å². The van der Waals surface area contributed by atoms with Gasteiger partial charge in [0.05, 0.1) is 25.0 Å². The van der Waals surface area contributed by atoms with Crippen LogP contribution in [0.2, 0.25) is 0 Å². The lowest BCUT2D eigenvalue weighted by Crippen LogP contribution is -2.26. The third kappa shape index (κ3) is 5.87. The van der Waals surface area contributed by atoms with Crippen LogP contribution in [0.25, 0.3) is 0 Å². The van der Waals surface area contributed by atoms with E-state index >= 15 is 0 Å². The fourth-order valence-electron chi connectivity index (χ4n) is 1.89. The summed E-state index contributed by atoms with van der Waals surface area (Å²) in [7, 11) is 0. The van der Waals surface area contributed by atoms with Gasteiger partial charge in [0.2, 0.25) is 0 Å². The number of carbonyl (C=O) groups excluding carboxylic acids is 2. The highest BCUT2D eigenvalue weighted by Gasteiger charge is 2.25. The van der Waals surface area contributed by atoms with E-state index in [4.69, 9.17) is 9.47 Å². The molecule has 110 valence electrons. The third-order valence-electron chi connectivity index (χ3n) is 2.73. The van der Waals surface area contributed by atoms with Crippen molar-refractivity contribution in [3.8, 4) is 0 Å². The number of carbonyl (C=O) groups is 2. The zero-order chi connectivity index (χ0) is 15.0. The molecular weight excluding hydrogens is 256 g/mol. The van der Waals surface area contributed by atoms with Gasteiger partial charge in [-0.1, -0.05) is 30.3 Å². The molecule has 0 saturated carbocycles. The molecule has 0 aliphatic rings. The average Bonchev–Trinajstić information content (AvgIpc) is 2.38. The molecule has 1 atom stereocenters. The molecule has 0 aliphatic carbocycles. The Balaban J connectivity index is 2.73. The molecule has 0 radical (unpaired) electrons. The fourth-order valence-corrected chi connectivity index (χ4v) is 1.89. The number of benzene rings is 1. The molecule has 0 unspecified atom stereocenters. The van der Waals surface area contributed by atoms with Crippen LogP contribution >= 0.6 is 0 Å². The normalized spacial score (nSPS) is 12.0. The van der Waals surface area contributed by atoms with Gasteiger partial charge < -0.3 is 9.47 Å². The zero-order valence-corrected chi connectivity index (χ0v) is 12.3. The third-order valence-corrected chi connectivity index (χ3v) is 2.73. The number of ether oxygens (including phenoxy) is 2. The van der Waals surface area contributed by atoms with E-state index in [1.165, 1.54) is 0 Å². The Bertz CT molecular complexity index is 425. The zero-order valence-electron chi connectivity index (χ0n) is 12.3. The molecule has 0 spiro atoms. The molecule has 1 rings (SSSR count). The first-order valence-electron chi connectivity index (χ1n) is 6.93.